The van der Waals surface area contributed by atoms with Gasteiger partial charge in [-0.05, 0) is 59.5 Å². The zero-order chi connectivity index (χ0) is 24.4. The summed E-state index contributed by atoms with van der Waals surface area (Å²) in [6.07, 6.45) is 1.23. The third-order valence-corrected chi connectivity index (χ3v) is 10.5. The molecule has 35 heavy (non-hydrogen) atoms. The zero-order valence-electron chi connectivity index (χ0n) is 18.7. The van der Waals surface area contributed by atoms with E-state index in [4.69, 9.17) is 32.5 Å². The maximum absolute atomic E-state index is 13.8. The summed E-state index contributed by atoms with van der Waals surface area (Å²) in [4.78, 5) is 6.36. The van der Waals surface area contributed by atoms with Gasteiger partial charge in [0.05, 0.1) is 28.6 Å². The van der Waals surface area contributed by atoms with Gasteiger partial charge in [-0.2, -0.15) is 0 Å². The first-order valence-corrected chi connectivity index (χ1v) is 14.6. The molecule has 2 atom stereocenters. The van der Waals surface area contributed by atoms with Gasteiger partial charge in [0.25, 0.3) is 0 Å². The van der Waals surface area contributed by atoms with Gasteiger partial charge in [0, 0.05) is 26.6 Å². The molecule has 9 heteroatoms. The fraction of sp³-hybridized carbons (Fsp3) is 0.115. The Bertz CT molecular complexity index is 1420. The van der Waals surface area contributed by atoms with Crippen molar-refractivity contribution >= 4 is 45.8 Å². The van der Waals surface area contributed by atoms with Crippen LogP contribution in [0.5, 0.6) is 5.75 Å². The third kappa shape index (κ3) is 5.18. The van der Waals surface area contributed by atoms with Crippen LogP contribution in [0.4, 0.5) is 5.69 Å². The van der Waals surface area contributed by atoms with Crippen molar-refractivity contribution in [3.05, 3.63) is 112 Å². The summed E-state index contributed by atoms with van der Waals surface area (Å²) in [7, 11) is -0.794. The minimum Gasteiger partial charge on any atom is -0.408 e. The van der Waals surface area contributed by atoms with E-state index in [1.807, 2.05) is 67.6 Å². The van der Waals surface area contributed by atoms with Crippen LogP contribution < -0.4 is 9.84 Å². The van der Waals surface area contributed by atoms with Crippen molar-refractivity contribution in [1.29, 1.82) is 0 Å². The Labute approximate surface area is 216 Å². The Morgan fingerprint density at radius 1 is 1.03 bits per heavy atom. The topological polar surface area (TPSA) is 60.5 Å². The highest BCUT2D eigenvalue weighted by atomic mass is 35.5. The number of halogens is 2. The number of fused-ring (bicyclic) bond motifs is 1. The summed E-state index contributed by atoms with van der Waals surface area (Å²) in [6, 6.07) is 24.8. The van der Waals surface area contributed by atoms with Crippen molar-refractivity contribution in [3.63, 3.8) is 0 Å². The van der Waals surface area contributed by atoms with E-state index in [0.29, 0.717) is 33.8 Å². The molecular formula is C26H21Cl2N2O3PS. The van der Waals surface area contributed by atoms with Gasteiger partial charge in [0.15, 0.2) is 12.0 Å². The molecular weight excluding hydrogens is 522 g/mol. The number of aromatic nitrogens is 1. The summed E-state index contributed by atoms with van der Waals surface area (Å²) in [5, 5.41) is 4.33. The van der Waals surface area contributed by atoms with Crippen LogP contribution in [0.1, 0.15) is 23.0 Å². The number of hydrogen-bond acceptors (Lipinski definition) is 5. The van der Waals surface area contributed by atoms with Crippen molar-refractivity contribution in [2.75, 3.05) is 5.32 Å². The second-order valence-electron chi connectivity index (χ2n) is 7.80. The lowest BCUT2D eigenvalue weighted by atomic mass is 10.1. The van der Waals surface area contributed by atoms with Gasteiger partial charge < -0.3 is 14.6 Å². The monoisotopic (exact) mass is 542 g/mol. The van der Waals surface area contributed by atoms with E-state index in [0.717, 1.165) is 20.9 Å². The third-order valence-electron chi connectivity index (χ3n) is 5.47. The van der Waals surface area contributed by atoms with E-state index < -0.39 is 23.1 Å². The molecule has 0 spiro atoms. The highest BCUT2D eigenvalue weighted by molar-refractivity contribution is 8.21. The molecule has 1 aliphatic heterocycles. The van der Waals surface area contributed by atoms with Crippen LogP contribution in [-0.4, -0.2) is 4.98 Å². The standard InChI is InChI=1S/C26H21Cl2N2O3PS/c1-17-25(33-34(31)35(20-8-4-2-5-9-20)21-10-6-3-7-11-21)24-18(15-29-17)16-32-26(24)30-23-13-12-19(27)14-22(23)28/h2-15,26,30H,16H2,1H3. The molecule has 1 aromatic heterocycles. The summed E-state index contributed by atoms with van der Waals surface area (Å²) in [5.74, 6) is 0.466. The Kier molecular flexibility index (Phi) is 7.28. The van der Waals surface area contributed by atoms with Gasteiger partial charge >= 0.3 is 6.80 Å². The molecule has 1 N–H and O–H groups in total. The Morgan fingerprint density at radius 2 is 1.69 bits per heavy atom. The van der Waals surface area contributed by atoms with Crippen LogP contribution in [0.15, 0.2) is 94.9 Å². The summed E-state index contributed by atoms with van der Waals surface area (Å²) < 4.78 is 26.1. The van der Waals surface area contributed by atoms with Crippen molar-refractivity contribution in [1.82, 2.24) is 4.98 Å². The van der Waals surface area contributed by atoms with Crippen molar-refractivity contribution in [2.45, 2.75) is 29.5 Å². The van der Waals surface area contributed by atoms with Gasteiger partial charge in [0.2, 0.25) is 0 Å². The quantitative estimate of drug-likeness (QED) is 0.249. The first-order valence-electron chi connectivity index (χ1n) is 10.8. The molecule has 5 nitrogen and oxygen atoms in total. The maximum atomic E-state index is 13.8. The summed E-state index contributed by atoms with van der Waals surface area (Å²) in [6.45, 7) is 0.0153. The van der Waals surface area contributed by atoms with Crippen LogP contribution in [0.25, 0.3) is 0 Å². The largest absolute Gasteiger partial charge is 0.408 e. The van der Waals surface area contributed by atoms with Crippen molar-refractivity contribution < 1.29 is 13.8 Å². The number of ether oxygens (including phenoxy) is 1. The molecule has 0 amide bonds. The van der Waals surface area contributed by atoms with Crippen LogP contribution in [0.3, 0.4) is 0 Å². The van der Waals surface area contributed by atoms with E-state index in [1.165, 1.54) is 0 Å². The number of nitrogens with zero attached hydrogens (tertiary/aromatic N) is 1. The van der Waals surface area contributed by atoms with Crippen LogP contribution >= 0.6 is 30.0 Å². The van der Waals surface area contributed by atoms with Crippen molar-refractivity contribution in [3.8, 4) is 5.75 Å². The van der Waals surface area contributed by atoms with E-state index in [2.05, 4.69) is 10.3 Å². The molecule has 0 bridgehead atoms. The van der Waals surface area contributed by atoms with Crippen LogP contribution in [0.2, 0.25) is 10.0 Å². The minimum atomic E-state index is -2.17. The Hall–Kier alpha value is -2.60. The number of aryl methyl sites for hydroxylation is 1. The second-order valence-corrected chi connectivity index (χ2v) is 12.8. The molecule has 4 aromatic rings. The van der Waals surface area contributed by atoms with Gasteiger partial charge in [-0.3, -0.25) is 4.98 Å². The fourth-order valence-electron chi connectivity index (χ4n) is 3.80. The molecule has 5 rings (SSSR count). The number of pyridine rings is 1. The number of nitrogens with one attached hydrogen (secondary N) is 1. The predicted molar refractivity (Wildman–Crippen MR) is 142 cm³/mol. The van der Waals surface area contributed by atoms with E-state index in [-0.39, 0.29) is 0 Å². The predicted octanol–water partition coefficient (Wildman–Crippen LogP) is 8.11. The molecule has 0 aliphatic carbocycles. The average molecular weight is 543 g/mol. The smallest absolute Gasteiger partial charge is 0.332 e. The molecule has 2 heterocycles. The van der Waals surface area contributed by atoms with Gasteiger partial charge in [-0.25, -0.2) is 4.57 Å². The highest BCUT2D eigenvalue weighted by Crippen LogP contribution is 2.43. The first kappa shape index (κ1) is 24.1. The number of benzene rings is 3. The maximum Gasteiger partial charge on any atom is 0.332 e. The van der Waals surface area contributed by atoms with Crippen LogP contribution in [-0.2, 0) is 26.0 Å². The van der Waals surface area contributed by atoms with Gasteiger partial charge in [0.1, 0.15) is 0 Å². The van der Waals surface area contributed by atoms with Gasteiger partial charge in [-0.1, -0.05) is 59.6 Å². The average Bonchev–Trinajstić information content (AvgIpc) is 3.27. The zero-order valence-corrected chi connectivity index (χ0v) is 21.9. The fourth-order valence-corrected chi connectivity index (χ4v) is 8.37. The Balaban J connectivity index is 1.57. The van der Waals surface area contributed by atoms with E-state index in [1.54, 1.807) is 24.4 Å². The lowest BCUT2D eigenvalue weighted by Gasteiger charge is -2.19. The number of anilines is 1. The van der Waals surface area contributed by atoms with E-state index >= 15 is 0 Å². The second kappa shape index (κ2) is 10.6. The normalized spacial score (nSPS) is 15.1. The first-order chi connectivity index (χ1) is 17.0. The highest BCUT2D eigenvalue weighted by Gasteiger charge is 2.30. The van der Waals surface area contributed by atoms with Gasteiger partial charge in [-0.15, -0.1) is 0 Å². The molecule has 1 aliphatic rings. The number of hydrogen-bond donors (Lipinski definition) is 1. The molecule has 178 valence electrons. The van der Waals surface area contributed by atoms with E-state index in [9.17, 15) is 4.57 Å². The SMILES string of the molecule is Cc1ncc2c(c1OP(=O)=S(c1ccccc1)c1ccccc1)C(Nc1ccc(Cl)cc1Cl)OC2. The number of rotatable bonds is 6. The Morgan fingerprint density at radius 3 is 2.31 bits per heavy atom. The molecule has 2 unspecified atom stereocenters. The molecule has 0 fully saturated rings. The van der Waals surface area contributed by atoms with Crippen LogP contribution in [0, 0.1) is 6.92 Å². The lowest BCUT2D eigenvalue weighted by molar-refractivity contribution is 0.0852. The molecule has 0 saturated carbocycles. The molecule has 0 radical (unpaired) electrons. The summed E-state index contributed by atoms with van der Waals surface area (Å²) in [5.41, 5.74) is 2.95. The lowest BCUT2D eigenvalue weighted by Crippen LogP contribution is -2.11. The van der Waals surface area contributed by atoms with Crippen molar-refractivity contribution in [2.24, 2.45) is 0 Å². The molecule has 0 saturated heterocycles. The molecule has 3 aromatic carbocycles. The summed E-state index contributed by atoms with van der Waals surface area (Å²) >= 11 is 12.4. The minimum absolute atomic E-state index is 0.349.